The van der Waals surface area contributed by atoms with Gasteiger partial charge in [0.1, 0.15) is 5.82 Å². The first-order chi connectivity index (χ1) is 8.79. The minimum atomic E-state index is 0.588. The Morgan fingerprint density at radius 1 is 1.28 bits per heavy atom. The third-order valence-corrected chi connectivity index (χ3v) is 4.69. The van der Waals surface area contributed by atoms with Crippen LogP contribution in [0.4, 0.5) is 5.82 Å². The highest BCUT2D eigenvalue weighted by Crippen LogP contribution is 2.38. The van der Waals surface area contributed by atoms with Crippen LogP contribution in [0.15, 0.2) is 12.1 Å². The zero-order valence-electron chi connectivity index (χ0n) is 11.2. The first-order valence-electron chi connectivity index (χ1n) is 7.23. The molecule has 3 nitrogen and oxygen atoms in total. The number of hydrogen-bond donors (Lipinski definition) is 1. The van der Waals surface area contributed by atoms with E-state index >= 15 is 0 Å². The summed E-state index contributed by atoms with van der Waals surface area (Å²) in [5.41, 5.74) is 7.97. The van der Waals surface area contributed by atoms with Gasteiger partial charge in [0.25, 0.3) is 0 Å². The fourth-order valence-electron chi connectivity index (χ4n) is 3.69. The standard InChI is InChI=1S/C15H23N3/c1-11-13(10-16)7-8-15(17-11)18-9-3-5-12-4-2-6-14(12)18/h7-8,12,14H,2-6,9-10,16H2,1H3. The van der Waals surface area contributed by atoms with E-state index in [1.807, 2.05) is 0 Å². The molecule has 1 saturated heterocycles. The van der Waals surface area contributed by atoms with Gasteiger partial charge in [-0.15, -0.1) is 0 Å². The van der Waals surface area contributed by atoms with Crippen LogP contribution >= 0.6 is 0 Å². The van der Waals surface area contributed by atoms with Crippen molar-refractivity contribution < 1.29 is 0 Å². The molecule has 0 spiro atoms. The molecule has 2 N–H and O–H groups in total. The fraction of sp³-hybridized carbons (Fsp3) is 0.667. The molecule has 0 bridgehead atoms. The number of rotatable bonds is 2. The number of fused-ring (bicyclic) bond motifs is 1. The van der Waals surface area contributed by atoms with Gasteiger partial charge in [-0.3, -0.25) is 0 Å². The molecule has 98 valence electrons. The third-order valence-electron chi connectivity index (χ3n) is 4.69. The Morgan fingerprint density at radius 3 is 2.89 bits per heavy atom. The number of hydrogen-bond acceptors (Lipinski definition) is 3. The number of aromatic nitrogens is 1. The van der Waals surface area contributed by atoms with Crippen LogP contribution in [0, 0.1) is 12.8 Å². The molecule has 2 unspecified atom stereocenters. The first kappa shape index (κ1) is 12.0. The number of anilines is 1. The zero-order valence-corrected chi connectivity index (χ0v) is 11.2. The maximum Gasteiger partial charge on any atom is 0.129 e. The van der Waals surface area contributed by atoms with Gasteiger partial charge in [0, 0.05) is 24.8 Å². The van der Waals surface area contributed by atoms with E-state index in [0.717, 1.165) is 17.7 Å². The molecule has 2 fully saturated rings. The van der Waals surface area contributed by atoms with E-state index in [9.17, 15) is 0 Å². The van der Waals surface area contributed by atoms with Crippen LogP contribution in [0.2, 0.25) is 0 Å². The molecule has 3 heteroatoms. The molecule has 0 radical (unpaired) electrons. The maximum absolute atomic E-state index is 5.71. The minimum Gasteiger partial charge on any atom is -0.353 e. The van der Waals surface area contributed by atoms with Crippen molar-refractivity contribution >= 4 is 5.82 Å². The van der Waals surface area contributed by atoms with E-state index in [-0.39, 0.29) is 0 Å². The van der Waals surface area contributed by atoms with E-state index in [4.69, 9.17) is 10.7 Å². The molecule has 2 aliphatic rings. The maximum atomic E-state index is 5.71. The molecule has 0 aromatic carbocycles. The van der Waals surface area contributed by atoms with Gasteiger partial charge in [-0.25, -0.2) is 4.98 Å². The van der Waals surface area contributed by atoms with Crippen LogP contribution in [0.25, 0.3) is 0 Å². The largest absolute Gasteiger partial charge is 0.353 e. The highest BCUT2D eigenvalue weighted by molar-refractivity contribution is 5.43. The Labute approximate surface area is 109 Å². The summed E-state index contributed by atoms with van der Waals surface area (Å²) in [6.07, 6.45) is 6.90. The van der Waals surface area contributed by atoms with Crippen molar-refractivity contribution in [1.82, 2.24) is 4.98 Å². The Hall–Kier alpha value is -1.09. The minimum absolute atomic E-state index is 0.588. The molecule has 1 saturated carbocycles. The molecule has 18 heavy (non-hydrogen) atoms. The van der Waals surface area contributed by atoms with Crippen LogP contribution < -0.4 is 10.6 Å². The van der Waals surface area contributed by atoms with Gasteiger partial charge in [-0.05, 0) is 50.2 Å². The van der Waals surface area contributed by atoms with Crippen molar-refractivity contribution in [2.75, 3.05) is 11.4 Å². The monoisotopic (exact) mass is 245 g/mol. The van der Waals surface area contributed by atoms with Gasteiger partial charge in [0.05, 0.1) is 0 Å². The summed E-state index contributed by atoms with van der Waals surface area (Å²) in [6.45, 7) is 3.84. The van der Waals surface area contributed by atoms with E-state index in [0.29, 0.717) is 6.54 Å². The smallest absolute Gasteiger partial charge is 0.129 e. The quantitative estimate of drug-likeness (QED) is 0.871. The summed E-state index contributed by atoms with van der Waals surface area (Å²) >= 11 is 0. The normalized spacial score (nSPS) is 27.3. The van der Waals surface area contributed by atoms with E-state index in [1.54, 1.807) is 0 Å². The van der Waals surface area contributed by atoms with E-state index in [2.05, 4.69) is 24.0 Å². The van der Waals surface area contributed by atoms with E-state index < -0.39 is 0 Å². The van der Waals surface area contributed by atoms with Crippen molar-refractivity contribution in [1.29, 1.82) is 0 Å². The number of piperidine rings is 1. The van der Waals surface area contributed by atoms with Gasteiger partial charge in [0.15, 0.2) is 0 Å². The topological polar surface area (TPSA) is 42.2 Å². The highest BCUT2D eigenvalue weighted by Gasteiger charge is 2.35. The van der Waals surface area contributed by atoms with Crippen molar-refractivity contribution in [3.05, 3.63) is 23.4 Å². The molecule has 3 rings (SSSR count). The molecule has 0 amide bonds. The second kappa shape index (κ2) is 4.88. The Morgan fingerprint density at radius 2 is 2.11 bits per heavy atom. The SMILES string of the molecule is Cc1nc(N2CCCC3CCCC32)ccc1CN. The van der Waals surface area contributed by atoms with Crippen molar-refractivity contribution in [2.45, 2.75) is 51.6 Å². The Kier molecular flexibility index (Phi) is 3.25. The number of pyridine rings is 1. The molecule has 1 aliphatic carbocycles. The third kappa shape index (κ3) is 2.01. The van der Waals surface area contributed by atoms with Crippen molar-refractivity contribution in [3.8, 4) is 0 Å². The lowest BCUT2D eigenvalue weighted by molar-refractivity contribution is 0.360. The van der Waals surface area contributed by atoms with Gasteiger partial charge >= 0.3 is 0 Å². The van der Waals surface area contributed by atoms with Crippen LogP contribution in [0.1, 0.15) is 43.4 Å². The van der Waals surface area contributed by atoms with Crippen LogP contribution in [-0.2, 0) is 6.54 Å². The van der Waals surface area contributed by atoms with Crippen molar-refractivity contribution in [3.63, 3.8) is 0 Å². The van der Waals surface area contributed by atoms with Crippen LogP contribution in [0.5, 0.6) is 0 Å². The predicted molar refractivity (Wildman–Crippen MR) is 74.6 cm³/mol. The molecule has 1 aromatic rings. The molecule has 2 atom stereocenters. The van der Waals surface area contributed by atoms with Gasteiger partial charge < -0.3 is 10.6 Å². The fourth-order valence-corrected chi connectivity index (χ4v) is 3.69. The van der Waals surface area contributed by atoms with Crippen LogP contribution in [-0.4, -0.2) is 17.6 Å². The van der Waals surface area contributed by atoms with Gasteiger partial charge in [-0.2, -0.15) is 0 Å². The Balaban J connectivity index is 1.87. The molecular weight excluding hydrogens is 222 g/mol. The first-order valence-corrected chi connectivity index (χ1v) is 7.23. The predicted octanol–water partition coefficient (Wildman–Crippen LogP) is 2.62. The molecule has 1 aliphatic heterocycles. The number of aryl methyl sites for hydroxylation is 1. The molecular formula is C15H23N3. The average molecular weight is 245 g/mol. The molecule has 1 aromatic heterocycles. The lowest BCUT2D eigenvalue weighted by Gasteiger charge is -2.38. The summed E-state index contributed by atoms with van der Waals surface area (Å²) in [4.78, 5) is 7.32. The highest BCUT2D eigenvalue weighted by atomic mass is 15.2. The lowest BCUT2D eigenvalue weighted by Crippen LogP contribution is -2.43. The van der Waals surface area contributed by atoms with Gasteiger partial charge in [0.2, 0.25) is 0 Å². The molecule has 2 heterocycles. The van der Waals surface area contributed by atoms with E-state index in [1.165, 1.54) is 50.0 Å². The second-order valence-corrected chi connectivity index (χ2v) is 5.71. The second-order valence-electron chi connectivity index (χ2n) is 5.71. The summed E-state index contributed by atoms with van der Waals surface area (Å²) in [6, 6.07) is 5.06. The van der Waals surface area contributed by atoms with Crippen molar-refractivity contribution in [2.24, 2.45) is 11.7 Å². The van der Waals surface area contributed by atoms with Crippen LogP contribution in [0.3, 0.4) is 0 Å². The summed E-state index contributed by atoms with van der Waals surface area (Å²) in [5.74, 6) is 2.08. The Bertz CT molecular complexity index is 430. The summed E-state index contributed by atoms with van der Waals surface area (Å²) in [7, 11) is 0. The lowest BCUT2D eigenvalue weighted by atomic mass is 9.92. The number of nitrogens with zero attached hydrogens (tertiary/aromatic N) is 2. The number of nitrogens with two attached hydrogens (primary N) is 1. The zero-order chi connectivity index (χ0) is 12.5. The van der Waals surface area contributed by atoms with Gasteiger partial charge in [-0.1, -0.05) is 12.5 Å². The summed E-state index contributed by atoms with van der Waals surface area (Å²) in [5, 5.41) is 0. The average Bonchev–Trinajstić information content (AvgIpc) is 2.86. The summed E-state index contributed by atoms with van der Waals surface area (Å²) < 4.78 is 0.